The number of hydrogen-bond donors (Lipinski definition) is 0. The molecule has 3 unspecified atom stereocenters. The van der Waals surface area contributed by atoms with Crippen LogP contribution in [0.3, 0.4) is 0 Å². The summed E-state index contributed by atoms with van der Waals surface area (Å²) in [4.78, 5) is 11.0. The first-order chi connectivity index (χ1) is 7.47. The summed E-state index contributed by atoms with van der Waals surface area (Å²) in [6.45, 7) is 1.30. The number of esters is 1. The van der Waals surface area contributed by atoms with Gasteiger partial charge in [0, 0.05) is 20.0 Å². The number of hydrogen-bond acceptors (Lipinski definition) is 3. The fourth-order valence-corrected chi connectivity index (χ4v) is 2.42. The molecule has 5 heteroatoms. The van der Waals surface area contributed by atoms with Crippen LogP contribution < -0.4 is 0 Å². The van der Waals surface area contributed by atoms with Crippen LogP contribution in [0.2, 0.25) is 0 Å². The van der Waals surface area contributed by atoms with Crippen molar-refractivity contribution in [2.24, 2.45) is 5.92 Å². The molecule has 2 rings (SSSR count). The summed E-state index contributed by atoms with van der Waals surface area (Å²) in [6, 6.07) is 0. The molecule has 0 aromatic rings. The van der Waals surface area contributed by atoms with E-state index in [1.165, 1.54) is 0 Å². The lowest BCUT2D eigenvalue weighted by molar-refractivity contribution is -0.178. The fourth-order valence-electron chi connectivity index (χ4n) is 2.42. The van der Waals surface area contributed by atoms with Gasteiger partial charge in [-0.25, -0.2) is 4.79 Å². The number of alkyl halides is 2. The van der Waals surface area contributed by atoms with Crippen molar-refractivity contribution in [3.63, 3.8) is 0 Å². The minimum atomic E-state index is -3.40. The fraction of sp³-hybridized carbons (Fsp3) is 0.909. The highest BCUT2D eigenvalue weighted by molar-refractivity contribution is 5.77. The van der Waals surface area contributed by atoms with Crippen LogP contribution >= 0.6 is 0 Å². The first kappa shape index (κ1) is 11.8. The predicted octanol–water partition coefficient (Wildman–Crippen LogP) is 2.14. The number of carbonyl (C=O) groups excluding carboxylic acids is 1. The van der Waals surface area contributed by atoms with Crippen LogP contribution in [-0.2, 0) is 14.3 Å². The molecule has 2 aliphatic rings. The third-order valence-corrected chi connectivity index (χ3v) is 3.33. The Morgan fingerprint density at radius 2 is 2.12 bits per heavy atom. The molecule has 3 atom stereocenters. The molecule has 1 aliphatic carbocycles. The maximum atomic E-state index is 12.6. The van der Waals surface area contributed by atoms with Crippen LogP contribution in [0.4, 0.5) is 8.78 Å². The Morgan fingerprint density at radius 3 is 2.81 bits per heavy atom. The smallest absolute Gasteiger partial charge is 0.376 e. The highest BCUT2D eigenvalue weighted by Gasteiger charge is 2.40. The second-order valence-electron chi connectivity index (χ2n) is 4.69. The minimum Gasteiger partial charge on any atom is -0.458 e. The van der Waals surface area contributed by atoms with Crippen LogP contribution in [-0.4, -0.2) is 30.7 Å². The van der Waals surface area contributed by atoms with Crippen molar-refractivity contribution in [1.82, 2.24) is 0 Å². The molecule has 16 heavy (non-hydrogen) atoms. The highest BCUT2D eigenvalue weighted by Crippen LogP contribution is 2.35. The Labute approximate surface area is 93.1 Å². The van der Waals surface area contributed by atoms with E-state index >= 15 is 0 Å². The Kier molecular flexibility index (Phi) is 3.15. The van der Waals surface area contributed by atoms with Gasteiger partial charge in [0.1, 0.15) is 6.10 Å². The van der Waals surface area contributed by atoms with Crippen LogP contribution in [0.5, 0.6) is 0 Å². The van der Waals surface area contributed by atoms with Gasteiger partial charge in [-0.1, -0.05) is 0 Å². The van der Waals surface area contributed by atoms with Crippen molar-refractivity contribution in [3.05, 3.63) is 0 Å². The topological polar surface area (TPSA) is 35.5 Å². The number of rotatable bonds is 2. The van der Waals surface area contributed by atoms with Gasteiger partial charge < -0.3 is 9.47 Å². The lowest BCUT2D eigenvalue weighted by Gasteiger charge is -2.30. The van der Waals surface area contributed by atoms with Crippen molar-refractivity contribution in [3.8, 4) is 0 Å². The zero-order chi connectivity index (χ0) is 11.8. The second-order valence-corrected chi connectivity index (χ2v) is 4.69. The van der Waals surface area contributed by atoms with Crippen molar-refractivity contribution in [2.75, 3.05) is 6.61 Å². The lowest BCUT2D eigenvalue weighted by atomic mass is 9.84. The van der Waals surface area contributed by atoms with Gasteiger partial charge in [-0.3, -0.25) is 0 Å². The predicted molar refractivity (Wildman–Crippen MR) is 52.2 cm³/mol. The number of halogens is 2. The minimum absolute atomic E-state index is 0.0945. The Hall–Kier alpha value is -0.710. The first-order valence-corrected chi connectivity index (χ1v) is 5.67. The van der Waals surface area contributed by atoms with E-state index in [2.05, 4.69) is 0 Å². The molecular formula is C11H16F2O3. The summed E-state index contributed by atoms with van der Waals surface area (Å²) in [6.07, 6.45) is 2.86. The van der Waals surface area contributed by atoms with E-state index in [4.69, 9.17) is 9.47 Å². The van der Waals surface area contributed by atoms with Crippen LogP contribution in [0.25, 0.3) is 0 Å². The highest BCUT2D eigenvalue weighted by atomic mass is 19.3. The van der Waals surface area contributed by atoms with E-state index in [0.717, 1.165) is 19.4 Å². The molecule has 1 saturated heterocycles. The van der Waals surface area contributed by atoms with E-state index in [1.807, 2.05) is 0 Å². The summed E-state index contributed by atoms with van der Waals surface area (Å²) in [7, 11) is 0. The number of ether oxygens (including phenoxy) is 2. The van der Waals surface area contributed by atoms with E-state index in [1.54, 1.807) is 0 Å². The van der Waals surface area contributed by atoms with Crippen LogP contribution in [0.15, 0.2) is 0 Å². The molecule has 0 N–H and O–H groups in total. The van der Waals surface area contributed by atoms with E-state index < -0.39 is 18.0 Å². The Morgan fingerprint density at radius 1 is 1.38 bits per heavy atom. The molecule has 3 nitrogen and oxygen atoms in total. The number of fused-ring (bicyclic) bond motifs is 1. The summed E-state index contributed by atoms with van der Waals surface area (Å²) >= 11 is 0. The average molecular weight is 234 g/mol. The summed E-state index contributed by atoms with van der Waals surface area (Å²) in [5, 5.41) is 0. The molecule has 1 saturated carbocycles. The third kappa shape index (κ3) is 2.51. The zero-order valence-corrected chi connectivity index (χ0v) is 9.25. The maximum Gasteiger partial charge on any atom is 0.376 e. The summed E-state index contributed by atoms with van der Waals surface area (Å²) in [5.74, 6) is -4.29. The lowest BCUT2D eigenvalue weighted by Crippen LogP contribution is -2.36. The molecule has 1 aliphatic heterocycles. The molecule has 92 valence electrons. The van der Waals surface area contributed by atoms with E-state index in [9.17, 15) is 13.6 Å². The van der Waals surface area contributed by atoms with Crippen molar-refractivity contribution in [1.29, 1.82) is 0 Å². The van der Waals surface area contributed by atoms with Gasteiger partial charge in [0.25, 0.3) is 0 Å². The third-order valence-electron chi connectivity index (χ3n) is 3.33. The van der Waals surface area contributed by atoms with Gasteiger partial charge in [0.05, 0.1) is 6.10 Å². The molecule has 0 spiro atoms. The summed E-state index contributed by atoms with van der Waals surface area (Å²) < 4.78 is 35.5. The van der Waals surface area contributed by atoms with Crippen molar-refractivity contribution >= 4 is 5.97 Å². The van der Waals surface area contributed by atoms with Gasteiger partial charge in [-0.05, 0) is 25.2 Å². The second kappa shape index (κ2) is 4.28. The average Bonchev–Trinajstić information content (AvgIpc) is 2.63. The van der Waals surface area contributed by atoms with Gasteiger partial charge >= 0.3 is 11.9 Å². The van der Waals surface area contributed by atoms with Gasteiger partial charge in [-0.2, -0.15) is 8.78 Å². The SMILES string of the molecule is CC(F)(F)C(=O)OC1CCC2CCOC2C1. The van der Waals surface area contributed by atoms with Crippen molar-refractivity contribution < 1.29 is 23.0 Å². The van der Waals surface area contributed by atoms with Gasteiger partial charge in [0.15, 0.2) is 0 Å². The molecule has 0 amide bonds. The Bertz CT molecular complexity index is 275. The number of carbonyl (C=O) groups is 1. The monoisotopic (exact) mass is 234 g/mol. The van der Waals surface area contributed by atoms with E-state index in [-0.39, 0.29) is 6.10 Å². The van der Waals surface area contributed by atoms with Crippen LogP contribution in [0, 0.1) is 5.92 Å². The normalized spacial score (nSPS) is 34.6. The molecule has 0 aromatic heterocycles. The largest absolute Gasteiger partial charge is 0.458 e. The molecule has 0 bridgehead atoms. The Balaban J connectivity index is 1.85. The van der Waals surface area contributed by atoms with Crippen molar-refractivity contribution in [2.45, 2.75) is 50.7 Å². The molecule has 2 fully saturated rings. The molecule has 1 heterocycles. The molecule has 0 radical (unpaired) electrons. The molecular weight excluding hydrogens is 218 g/mol. The first-order valence-electron chi connectivity index (χ1n) is 5.67. The molecule has 0 aromatic carbocycles. The van der Waals surface area contributed by atoms with Gasteiger partial charge in [0.2, 0.25) is 0 Å². The summed E-state index contributed by atoms with van der Waals surface area (Å²) in [5.41, 5.74) is 0. The maximum absolute atomic E-state index is 12.6. The van der Waals surface area contributed by atoms with Crippen LogP contribution in [0.1, 0.15) is 32.6 Å². The zero-order valence-electron chi connectivity index (χ0n) is 9.25. The standard InChI is InChI=1S/C11H16F2O3/c1-11(12,13)10(14)16-8-3-2-7-4-5-15-9(7)6-8/h7-9H,2-6H2,1H3. The van der Waals surface area contributed by atoms with Gasteiger partial charge in [-0.15, -0.1) is 0 Å². The van der Waals surface area contributed by atoms with E-state index in [0.29, 0.717) is 25.7 Å². The quantitative estimate of drug-likeness (QED) is 0.687.